The summed E-state index contributed by atoms with van der Waals surface area (Å²) in [7, 11) is 0. The Hall–Kier alpha value is -0.770. The SMILES string of the molecule is CSC1(C2CC(=O)C=C(OC3CC3=O)C2)CC1. The molecule has 0 amide bonds. The van der Waals surface area contributed by atoms with Crippen molar-refractivity contribution in [3.05, 3.63) is 11.8 Å². The standard InChI is InChI=1S/C13H16O3S/c1-17-13(2-3-13)8-4-9(14)6-10(5-8)16-12-7-11(12)15/h6,8,12H,2-5,7H2,1H3. The minimum absolute atomic E-state index is 0.157. The number of rotatable bonds is 4. The lowest BCUT2D eigenvalue weighted by Gasteiger charge is -2.28. The van der Waals surface area contributed by atoms with Crippen LogP contribution >= 0.6 is 11.8 Å². The summed E-state index contributed by atoms with van der Waals surface area (Å²) in [4.78, 5) is 22.7. The highest BCUT2D eigenvalue weighted by atomic mass is 32.2. The van der Waals surface area contributed by atoms with E-state index in [1.807, 2.05) is 11.8 Å². The zero-order chi connectivity index (χ0) is 12.0. The molecule has 17 heavy (non-hydrogen) atoms. The summed E-state index contributed by atoms with van der Waals surface area (Å²) < 4.78 is 5.88. The van der Waals surface area contributed by atoms with E-state index < -0.39 is 0 Å². The van der Waals surface area contributed by atoms with Gasteiger partial charge >= 0.3 is 0 Å². The molecule has 0 aromatic carbocycles. The van der Waals surface area contributed by atoms with Crippen molar-refractivity contribution in [2.75, 3.05) is 6.26 Å². The van der Waals surface area contributed by atoms with Crippen molar-refractivity contribution in [2.24, 2.45) is 5.92 Å². The van der Waals surface area contributed by atoms with Crippen molar-refractivity contribution >= 4 is 23.3 Å². The van der Waals surface area contributed by atoms with Gasteiger partial charge in [-0.3, -0.25) is 9.59 Å². The number of ketones is 2. The second kappa shape index (κ2) is 3.87. The molecule has 0 radical (unpaired) electrons. The first kappa shape index (κ1) is 11.3. The lowest BCUT2D eigenvalue weighted by molar-refractivity contribution is -0.117. The Bertz CT molecular complexity index is 409. The Labute approximate surface area is 105 Å². The van der Waals surface area contributed by atoms with E-state index >= 15 is 0 Å². The molecular weight excluding hydrogens is 236 g/mol. The van der Waals surface area contributed by atoms with Gasteiger partial charge in [0.15, 0.2) is 17.7 Å². The van der Waals surface area contributed by atoms with Gasteiger partial charge in [-0.15, -0.1) is 0 Å². The molecule has 0 spiro atoms. The third-order valence-electron chi connectivity index (χ3n) is 3.99. The molecule has 0 aromatic rings. The third-order valence-corrected chi connectivity index (χ3v) is 5.54. The maximum absolute atomic E-state index is 11.7. The second-order valence-electron chi connectivity index (χ2n) is 5.23. The van der Waals surface area contributed by atoms with Gasteiger partial charge in [-0.2, -0.15) is 11.8 Å². The quantitative estimate of drug-likeness (QED) is 0.768. The minimum atomic E-state index is -0.253. The number of allylic oxidation sites excluding steroid dienone is 2. The Kier molecular flexibility index (Phi) is 2.58. The maximum Gasteiger partial charge on any atom is 0.177 e. The van der Waals surface area contributed by atoms with E-state index in [0.29, 0.717) is 23.5 Å². The summed E-state index contributed by atoms with van der Waals surface area (Å²) in [5.74, 6) is 1.46. The summed E-state index contributed by atoms with van der Waals surface area (Å²) >= 11 is 1.88. The molecule has 3 aliphatic rings. The van der Waals surface area contributed by atoms with Crippen LogP contribution in [0.15, 0.2) is 11.8 Å². The van der Waals surface area contributed by atoms with Crippen LogP contribution in [0.5, 0.6) is 0 Å². The Morgan fingerprint density at radius 2 is 2.00 bits per heavy atom. The molecule has 3 rings (SSSR count). The summed E-state index contributed by atoms with van der Waals surface area (Å²) in [6.45, 7) is 0. The highest BCUT2D eigenvalue weighted by Crippen LogP contribution is 2.56. The van der Waals surface area contributed by atoms with Crippen LogP contribution in [0.4, 0.5) is 0 Å². The van der Waals surface area contributed by atoms with Crippen molar-refractivity contribution in [3.63, 3.8) is 0 Å². The van der Waals surface area contributed by atoms with Gasteiger partial charge in [-0.05, 0) is 25.0 Å². The van der Waals surface area contributed by atoms with Crippen LogP contribution in [-0.4, -0.2) is 28.7 Å². The van der Waals surface area contributed by atoms with Gasteiger partial charge in [0.2, 0.25) is 0 Å². The van der Waals surface area contributed by atoms with Crippen LogP contribution in [0.3, 0.4) is 0 Å². The van der Waals surface area contributed by atoms with Crippen molar-refractivity contribution < 1.29 is 14.3 Å². The zero-order valence-electron chi connectivity index (χ0n) is 9.90. The first-order chi connectivity index (χ1) is 8.13. The fourth-order valence-corrected chi connectivity index (χ4v) is 3.64. The molecule has 2 fully saturated rings. The van der Waals surface area contributed by atoms with E-state index in [1.165, 1.54) is 12.8 Å². The number of carbonyl (C=O) groups is 2. The van der Waals surface area contributed by atoms with Gasteiger partial charge in [0, 0.05) is 23.7 Å². The van der Waals surface area contributed by atoms with Gasteiger partial charge < -0.3 is 4.74 Å². The maximum atomic E-state index is 11.7. The van der Waals surface area contributed by atoms with E-state index in [2.05, 4.69) is 6.26 Å². The third kappa shape index (κ3) is 2.15. The van der Waals surface area contributed by atoms with E-state index in [9.17, 15) is 9.59 Å². The van der Waals surface area contributed by atoms with Crippen LogP contribution in [0.2, 0.25) is 0 Å². The van der Waals surface area contributed by atoms with Crippen LogP contribution in [0.25, 0.3) is 0 Å². The van der Waals surface area contributed by atoms with E-state index in [0.717, 1.165) is 12.2 Å². The minimum Gasteiger partial charge on any atom is -0.486 e. The van der Waals surface area contributed by atoms with Crippen molar-refractivity contribution in [3.8, 4) is 0 Å². The molecule has 3 aliphatic carbocycles. The molecule has 0 heterocycles. The first-order valence-corrected chi connectivity index (χ1v) is 7.33. The van der Waals surface area contributed by atoms with Crippen LogP contribution < -0.4 is 0 Å². The van der Waals surface area contributed by atoms with Crippen LogP contribution in [0, 0.1) is 5.92 Å². The van der Waals surface area contributed by atoms with Gasteiger partial charge in [0.05, 0.1) is 6.42 Å². The van der Waals surface area contributed by atoms with Crippen LogP contribution in [0.1, 0.15) is 32.1 Å². The molecule has 2 atom stereocenters. The number of thioether (sulfide) groups is 1. The fourth-order valence-electron chi connectivity index (χ4n) is 2.63. The molecule has 2 unspecified atom stereocenters. The number of hydrogen-bond donors (Lipinski definition) is 0. The normalized spacial score (nSPS) is 34.3. The lowest BCUT2D eigenvalue weighted by atomic mass is 9.87. The van der Waals surface area contributed by atoms with Crippen molar-refractivity contribution in [2.45, 2.75) is 43.0 Å². The second-order valence-corrected chi connectivity index (χ2v) is 6.45. The lowest BCUT2D eigenvalue weighted by Crippen LogP contribution is -2.26. The molecule has 0 saturated heterocycles. The summed E-state index contributed by atoms with van der Waals surface area (Å²) in [6.07, 6.45) is 7.88. The smallest absolute Gasteiger partial charge is 0.177 e. The summed E-state index contributed by atoms with van der Waals surface area (Å²) in [6, 6.07) is 0. The first-order valence-electron chi connectivity index (χ1n) is 6.11. The van der Waals surface area contributed by atoms with E-state index in [-0.39, 0.29) is 17.7 Å². The molecule has 0 N–H and O–H groups in total. The molecule has 92 valence electrons. The van der Waals surface area contributed by atoms with Gasteiger partial charge in [-0.25, -0.2) is 0 Å². The Morgan fingerprint density at radius 3 is 2.53 bits per heavy atom. The molecule has 3 nitrogen and oxygen atoms in total. The summed E-state index contributed by atoms with van der Waals surface area (Å²) in [5.41, 5.74) is 0. The predicted octanol–water partition coefficient (Wildman–Crippen LogP) is 2.10. The highest BCUT2D eigenvalue weighted by molar-refractivity contribution is 8.00. The average molecular weight is 252 g/mol. The Morgan fingerprint density at radius 1 is 1.29 bits per heavy atom. The Balaban J connectivity index is 1.68. The summed E-state index contributed by atoms with van der Waals surface area (Å²) in [5, 5.41) is 0. The molecular formula is C13H16O3S. The topological polar surface area (TPSA) is 43.4 Å². The monoisotopic (exact) mass is 252 g/mol. The molecule has 2 saturated carbocycles. The largest absolute Gasteiger partial charge is 0.486 e. The fraction of sp³-hybridized carbons (Fsp3) is 0.692. The van der Waals surface area contributed by atoms with E-state index in [4.69, 9.17) is 4.74 Å². The van der Waals surface area contributed by atoms with Crippen molar-refractivity contribution in [1.29, 1.82) is 0 Å². The zero-order valence-corrected chi connectivity index (χ0v) is 10.7. The van der Waals surface area contributed by atoms with Gasteiger partial charge in [0.25, 0.3) is 0 Å². The number of carbonyl (C=O) groups excluding carboxylic acids is 2. The number of hydrogen-bond acceptors (Lipinski definition) is 4. The predicted molar refractivity (Wildman–Crippen MR) is 65.8 cm³/mol. The number of Topliss-reactive ketones (excluding diaryl/α,β-unsaturated/α-hetero) is 1. The van der Waals surface area contributed by atoms with Crippen molar-refractivity contribution in [1.82, 2.24) is 0 Å². The molecule has 4 heteroatoms. The highest BCUT2D eigenvalue weighted by Gasteiger charge is 2.50. The average Bonchev–Trinajstić information content (AvgIpc) is 3.17. The molecule has 0 bridgehead atoms. The molecule has 0 aromatic heterocycles. The number of ether oxygens (including phenoxy) is 1. The van der Waals surface area contributed by atoms with Gasteiger partial charge in [0.1, 0.15) is 5.76 Å². The van der Waals surface area contributed by atoms with Crippen LogP contribution in [-0.2, 0) is 14.3 Å². The van der Waals surface area contributed by atoms with E-state index in [1.54, 1.807) is 6.08 Å². The van der Waals surface area contributed by atoms with Gasteiger partial charge in [-0.1, -0.05) is 0 Å². The molecule has 0 aliphatic heterocycles.